The van der Waals surface area contributed by atoms with Crippen molar-refractivity contribution in [1.82, 2.24) is 0 Å². The molecule has 24 heavy (non-hydrogen) atoms. The molecule has 0 spiro atoms. The van der Waals surface area contributed by atoms with Gasteiger partial charge in [-0.1, -0.05) is 11.6 Å². The summed E-state index contributed by atoms with van der Waals surface area (Å²) in [6, 6.07) is 13.7. The summed E-state index contributed by atoms with van der Waals surface area (Å²) in [6.45, 7) is 1.97. The fourth-order valence-electron chi connectivity index (χ4n) is 1.96. The number of benzene rings is 2. The molecule has 1 unspecified atom stereocenters. The summed E-state index contributed by atoms with van der Waals surface area (Å²) < 4.78 is 10.5. The van der Waals surface area contributed by atoms with E-state index in [-0.39, 0.29) is 18.8 Å². The van der Waals surface area contributed by atoms with Gasteiger partial charge in [-0.2, -0.15) is 12.6 Å². The molecule has 2 rings (SSSR count). The predicted octanol–water partition coefficient (Wildman–Crippen LogP) is 4.57. The Morgan fingerprint density at radius 1 is 1.04 bits per heavy atom. The molecule has 0 aliphatic rings. The highest BCUT2D eigenvalue weighted by molar-refractivity contribution is 7.81. The minimum atomic E-state index is -0.762. The maximum Gasteiger partial charge on any atom is 0.319 e. The van der Waals surface area contributed by atoms with Crippen LogP contribution in [-0.2, 0) is 9.53 Å². The summed E-state index contributed by atoms with van der Waals surface area (Å²) in [6.07, 6.45) is -0.0146. The number of rotatable bonds is 7. The average Bonchev–Trinajstić information content (AvgIpc) is 2.57. The molecule has 0 aliphatic heterocycles. The summed E-state index contributed by atoms with van der Waals surface area (Å²) in [7, 11) is 0. The van der Waals surface area contributed by atoms with Crippen molar-refractivity contribution in [2.45, 2.75) is 18.6 Å². The van der Waals surface area contributed by atoms with Gasteiger partial charge < -0.3 is 9.47 Å². The lowest BCUT2D eigenvalue weighted by molar-refractivity contribution is -0.142. The first kappa shape index (κ1) is 18.4. The van der Waals surface area contributed by atoms with Crippen LogP contribution in [0.5, 0.6) is 11.5 Å². The fraction of sp³-hybridized carbons (Fsp3) is 0.222. The third kappa shape index (κ3) is 5.28. The standard InChI is InChI=1S/C18H17ClO4S/c1-2-22-18(21)17(24)11-16(20)12-3-7-14(8-4-12)23-15-9-5-13(19)6-10-15/h3-10,17,24H,2,11H2,1H3. The Hall–Kier alpha value is -1.98. The van der Waals surface area contributed by atoms with E-state index in [9.17, 15) is 9.59 Å². The third-order valence-corrected chi connectivity index (χ3v) is 3.81. The largest absolute Gasteiger partial charge is 0.465 e. The minimum Gasteiger partial charge on any atom is -0.465 e. The van der Waals surface area contributed by atoms with Crippen LogP contribution in [0.4, 0.5) is 0 Å². The van der Waals surface area contributed by atoms with E-state index in [4.69, 9.17) is 21.1 Å². The topological polar surface area (TPSA) is 52.6 Å². The monoisotopic (exact) mass is 364 g/mol. The zero-order valence-electron chi connectivity index (χ0n) is 13.1. The molecule has 0 radical (unpaired) electrons. The number of halogens is 1. The van der Waals surface area contributed by atoms with E-state index in [0.29, 0.717) is 22.1 Å². The molecular formula is C18H17ClO4S. The van der Waals surface area contributed by atoms with Crippen molar-refractivity contribution >= 4 is 36.0 Å². The summed E-state index contributed by atoms with van der Waals surface area (Å²) in [4.78, 5) is 23.7. The van der Waals surface area contributed by atoms with Gasteiger partial charge in [0.05, 0.1) is 6.61 Å². The Kier molecular flexibility index (Phi) is 6.70. The number of carbonyl (C=O) groups is 2. The molecule has 0 amide bonds. The Bertz CT molecular complexity index is 698. The number of esters is 1. The maximum atomic E-state index is 12.2. The second-order valence-corrected chi connectivity index (χ2v) is 6.04. The maximum absolute atomic E-state index is 12.2. The van der Waals surface area contributed by atoms with E-state index in [1.54, 1.807) is 55.5 Å². The number of ketones is 1. The molecule has 0 saturated carbocycles. The van der Waals surface area contributed by atoms with Crippen molar-refractivity contribution in [2.24, 2.45) is 0 Å². The second kappa shape index (κ2) is 8.76. The molecule has 0 aromatic heterocycles. The highest BCUT2D eigenvalue weighted by Gasteiger charge is 2.20. The SMILES string of the molecule is CCOC(=O)C(S)CC(=O)c1ccc(Oc2ccc(Cl)cc2)cc1. The number of carbonyl (C=O) groups excluding carboxylic acids is 2. The van der Waals surface area contributed by atoms with Crippen molar-refractivity contribution in [3.05, 3.63) is 59.1 Å². The van der Waals surface area contributed by atoms with Gasteiger partial charge in [-0.3, -0.25) is 9.59 Å². The van der Waals surface area contributed by atoms with Crippen LogP contribution in [0.3, 0.4) is 0 Å². The molecule has 0 bridgehead atoms. The highest BCUT2D eigenvalue weighted by atomic mass is 35.5. The molecule has 1 atom stereocenters. The van der Waals surface area contributed by atoms with Crippen LogP contribution >= 0.6 is 24.2 Å². The van der Waals surface area contributed by atoms with Gasteiger partial charge in [-0.15, -0.1) is 0 Å². The summed E-state index contributed by atoms with van der Waals surface area (Å²) in [5, 5.41) is -0.131. The van der Waals surface area contributed by atoms with Gasteiger partial charge in [-0.25, -0.2) is 0 Å². The quantitative estimate of drug-likeness (QED) is 0.444. The van der Waals surface area contributed by atoms with Gasteiger partial charge in [0.25, 0.3) is 0 Å². The minimum absolute atomic E-state index is 0.0146. The van der Waals surface area contributed by atoms with Gasteiger partial charge in [-0.05, 0) is 55.5 Å². The molecule has 2 aromatic carbocycles. The van der Waals surface area contributed by atoms with Crippen LogP contribution in [0.1, 0.15) is 23.7 Å². The number of ether oxygens (including phenoxy) is 2. The van der Waals surface area contributed by atoms with Crippen molar-refractivity contribution in [3.8, 4) is 11.5 Å². The van der Waals surface area contributed by atoms with E-state index in [1.165, 1.54) is 0 Å². The van der Waals surface area contributed by atoms with Crippen LogP contribution in [0.15, 0.2) is 48.5 Å². The van der Waals surface area contributed by atoms with Crippen LogP contribution in [-0.4, -0.2) is 23.6 Å². The summed E-state index contributed by atoms with van der Waals surface area (Å²) in [5.74, 6) is 0.580. The molecule has 4 nitrogen and oxygen atoms in total. The Morgan fingerprint density at radius 2 is 1.58 bits per heavy atom. The molecular weight excluding hydrogens is 348 g/mol. The third-order valence-electron chi connectivity index (χ3n) is 3.16. The second-order valence-electron chi connectivity index (χ2n) is 4.98. The van der Waals surface area contributed by atoms with Crippen molar-refractivity contribution < 1.29 is 19.1 Å². The smallest absolute Gasteiger partial charge is 0.319 e. The summed E-state index contributed by atoms with van der Waals surface area (Å²) in [5.41, 5.74) is 0.488. The molecule has 2 aromatic rings. The van der Waals surface area contributed by atoms with Crippen molar-refractivity contribution in [1.29, 1.82) is 0 Å². The number of thiol groups is 1. The van der Waals surface area contributed by atoms with E-state index in [2.05, 4.69) is 12.6 Å². The van der Waals surface area contributed by atoms with E-state index >= 15 is 0 Å². The molecule has 0 fully saturated rings. The normalized spacial score (nSPS) is 11.6. The molecule has 0 aliphatic carbocycles. The van der Waals surface area contributed by atoms with E-state index < -0.39 is 11.2 Å². The molecule has 0 heterocycles. The molecule has 126 valence electrons. The Balaban J connectivity index is 1.97. The zero-order valence-corrected chi connectivity index (χ0v) is 14.7. The zero-order chi connectivity index (χ0) is 17.5. The van der Waals surface area contributed by atoms with Crippen molar-refractivity contribution in [2.75, 3.05) is 6.61 Å². The first-order valence-electron chi connectivity index (χ1n) is 7.41. The van der Waals surface area contributed by atoms with Gasteiger partial charge in [0.15, 0.2) is 5.78 Å². The first-order valence-corrected chi connectivity index (χ1v) is 8.30. The molecule has 6 heteroatoms. The van der Waals surface area contributed by atoms with E-state index in [1.807, 2.05) is 0 Å². The average molecular weight is 365 g/mol. The van der Waals surface area contributed by atoms with Crippen LogP contribution in [0.2, 0.25) is 5.02 Å². The van der Waals surface area contributed by atoms with Gasteiger partial charge in [0.1, 0.15) is 16.7 Å². The number of hydrogen-bond acceptors (Lipinski definition) is 5. The van der Waals surface area contributed by atoms with Crippen LogP contribution < -0.4 is 4.74 Å². The molecule has 0 N–H and O–H groups in total. The molecule has 0 saturated heterocycles. The lowest BCUT2D eigenvalue weighted by Gasteiger charge is -2.10. The predicted molar refractivity (Wildman–Crippen MR) is 96.3 cm³/mol. The Morgan fingerprint density at radius 3 is 2.12 bits per heavy atom. The first-order chi connectivity index (χ1) is 11.5. The van der Waals surface area contributed by atoms with Crippen LogP contribution in [0, 0.1) is 0 Å². The van der Waals surface area contributed by atoms with Crippen LogP contribution in [0.25, 0.3) is 0 Å². The summed E-state index contributed by atoms with van der Waals surface area (Å²) >= 11 is 9.93. The fourth-order valence-corrected chi connectivity index (χ4v) is 2.33. The van der Waals surface area contributed by atoms with Gasteiger partial charge in [0.2, 0.25) is 0 Å². The van der Waals surface area contributed by atoms with Crippen molar-refractivity contribution in [3.63, 3.8) is 0 Å². The lowest BCUT2D eigenvalue weighted by Crippen LogP contribution is -2.21. The number of hydrogen-bond donors (Lipinski definition) is 1. The van der Waals surface area contributed by atoms with Gasteiger partial charge in [0, 0.05) is 17.0 Å². The Labute approximate surface area is 151 Å². The van der Waals surface area contributed by atoms with E-state index in [0.717, 1.165) is 0 Å². The lowest BCUT2D eigenvalue weighted by atomic mass is 10.1. The highest BCUT2D eigenvalue weighted by Crippen LogP contribution is 2.23. The van der Waals surface area contributed by atoms with Gasteiger partial charge >= 0.3 is 5.97 Å². The number of Topliss-reactive ketones (excluding diaryl/α,β-unsaturated/α-hetero) is 1.